The van der Waals surface area contributed by atoms with E-state index in [2.05, 4.69) is 5.32 Å². The van der Waals surface area contributed by atoms with Gasteiger partial charge in [0.1, 0.15) is 10.1 Å². The number of para-hydroxylation sites is 1. The lowest BCUT2D eigenvalue weighted by Gasteiger charge is -2.04. The summed E-state index contributed by atoms with van der Waals surface area (Å²) >= 11 is 6.11. The first kappa shape index (κ1) is 14.5. The molecule has 0 aromatic heterocycles. The van der Waals surface area contributed by atoms with E-state index in [0.717, 1.165) is 5.56 Å². The molecule has 0 radical (unpaired) electrons. The Morgan fingerprint density at radius 2 is 2.15 bits per heavy atom. The topological polar surface area (TPSA) is 55.4 Å². The molecule has 1 aromatic rings. The van der Waals surface area contributed by atoms with Crippen LogP contribution in [0.3, 0.4) is 0 Å². The minimum Gasteiger partial charge on any atom is -0.426 e. The van der Waals surface area contributed by atoms with Crippen LogP contribution < -0.4 is 10.1 Å². The van der Waals surface area contributed by atoms with Gasteiger partial charge in [0.05, 0.1) is 4.91 Å². The second-order valence-corrected chi connectivity index (χ2v) is 5.58. The summed E-state index contributed by atoms with van der Waals surface area (Å²) in [5, 5.41) is 2.54. The van der Waals surface area contributed by atoms with E-state index in [-0.39, 0.29) is 11.9 Å². The van der Waals surface area contributed by atoms with Gasteiger partial charge in [-0.25, -0.2) is 0 Å². The Balaban J connectivity index is 2.16. The highest BCUT2D eigenvalue weighted by Gasteiger charge is 2.20. The van der Waals surface area contributed by atoms with Crippen molar-refractivity contribution in [2.24, 2.45) is 0 Å². The molecule has 0 spiro atoms. The molecule has 1 aliphatic heterocycles. The molecule has 20 heavy (non-hydrogen) atoms. The van der Waals surface area contributed by atoms with Gasteiger partial charge in [0.25, 0.3) is 5.91 Å². The minimum absolute atomic E-state index is 0.196. The summed E-state index contributed by atoms with van der Waals surface area (Å²) in [5.41, 5.74) is 0.755. The highest BCUT2D eigenvalue weighted by molar-refractivity contribution is 8.26. The van der Waals surface area contributed by atoms with Gasteiger partial charge in [0.2, 0.25) is 0 Å². The van der Waals surface area contributed by atoms with Crippen LogP contribution in [0.5, 0.6) is 5.75 Å². The van der Waals surface area contributed by atoms with Crippen molar-refractivity contribution >= 4 is 46.3 Å². The molecule has 6 heteroatoms. The molecular weight excluding hydrogens is 294 g/mol. The number of nitrogens with one attached hydrogen (secondary N) is 1. The normalized spacial score (nSPS) is 16.8. The monoisotopic (exact) mass is 305 g/mol. The van der Waals surface area contributed by atoms with Crippen LogP contribution in [0.25, 0.3) is 6.08 Å². The second-order valence-electron chi connectivity index (χ2n) is 3.87. The van der Waals surface area contributed by atoms with E-state index >= 15 is 0 Å². The first-order valence-electron chi connectivity index (χ1n) is 5.75. The second kappa shape index (κ2) is 6.49. The van der Waals surface area contributed by atoms with Crippen LogP contribution in [0.2, 0.25) is 0 Å². The molecule has 2 rings (SSSR count). The smallest absolute Gasteiger partial charge is 0.308 e. The van der Waals surface area contributed by atoms with E-state index in [1.54, 1.807) is 30.4 Å². The van der Waals surface area contributed by atoms with Crippen molar-refractivity contribution < 1.29 is 14.3 Å². The fourth-order valence-corrected chi connectivity index (χ4v) is 2.54. The Labute approximate surface area is 125 Å². The molecule has 1 aliphatic rings. The van der Waals surface area contributed by atoms with E-state index in [0.29, 0.717) is 15.0 Å². The number of carbonyl (C=O) groups is 2. The van der Waals surface area contributed by atoms with Crippen molar-refractivity contribution in [1.82, 2.24) is 5.32 Å². The third-order valence-corrected chi connectivity index (χ3v) is 3.52. The minimum atomic E-state index is -0.375. The number of hydrogen-bond donors (Lipinski definition) is 1. The Bertz CT molecular complexity index is 635. The van der Waals surface area contributed by atoms with Crippen LogP contribution in [0.1, 0.15) is 12.5 Å². The summed E-state index contributed by atoms with van der Waals surface area (Å²) in [5.74, 6) is -0.0908. The Morgan fingerprint density at radius 3 is 2.80 bits per heavy atom. The predicted octanol–water partition coefficient (Wildman–Crippen LogP) is 2.66. The zero-order chi connectivity index (χ0) is 14.5. The number of thiocarbonyl (C=S) groups is 1. The molecule has 0 saturated carbocycles. The van der Waals surface area contributed by atoms with Crippen LogP contribution in [-0.4, -0.2) is 16.2 Å². The quantitative estimate of drug-likeness (QED) is 0.403. The highest BCUT2D eigenvalue weighted by Crippen LogP contribution is 2.24. The molecule has 1 amide bonds. The van der Waals surface area contributed by atoms with Gasteiger partial charge in [-0.15, -0.1) is 0 Å². The third kappa shape index (κ3) is 3.79. The van der Waals surface area contributed by atoms with Crippen molar-refractivity contribution in [3.8, 4) is 5.75 Å². The van der Waals surface area contributed by atoms with E-state index in [9.17, 15) is 9.59 Å². The number of benzene rings is 1. The number of thioether (sulfide) groups is 1. The van der Waals surface area contributed by atoms with Gasteiger partial charge in [0, 0.05) is 12.5 Å². The SMILES string of the molecule is CC(=O)Oc1ccccc1C=CC=C1SC(=S)NC1=O. The summed E-state index contributed by atoms with van der Waals surface area (Å²) in [7, 11) is 0. The van der Waals surface area contributed by atoms with E-state index < -0.39 is 0 Å². The summed E-state index contributed by atoms with van der Waals surface area (Å²) < 4.78 is 5.54. The third-order valence-electron chi connectivity index (χ3n) is 2.34. The lowest BCUT2D eigenvalue weighted by atomic mass is 10.2. The van der Waals surface area contributed by atoms with Crippen molar-refractivity contribution in [2.75, 3.05) is 0 Å². The summed E-state index contributed by atoms with van der Waals surface area (Å²) in [6.07, 6.45) is 5.16. The fraction of sp³-hybridized carbons (Fsp3) is 0.0714. The van der Waals surface area contributed by atoms with Gasteiger partial charge < -0.3 is 10.1 Å². The maximum Gasteiger partial charge on any atom is 0.308 e. The van der Waals surface area contributed by atoms with Gasteiger partial charge in [-0.2, -0.15) is 0 Å². The molecule has 4 nitrogen and oxygen atoms in total. The molecule has 0 aliphatic carbocycles. The van der Waals surface area contributed by atoms with Crippen LogP contribution >= 0.6 is 24.0 Å². The van der Waals surface area contributed by atoms with Gasteiger partial charge in [-0.3, -0.25) is 9.59 Å². The van der Waals surface area contributed by atoms with E-state index in [1.807, 2.05) is 12.1 Å². The van der Waals surface area contributed by atoms with Crippen molar-refractivity contribution in [3.05, 3.63) is 46.9 Å². The first-order chi connectivity index (χ1) is 9.56. The Morgan fingerprint density at radius 1 is 1.40 bits per heavy atom. The maximum atomic E-state index is 11.4. The molecule has 0 unspecified atom stereocenters. The molecule has 0 atom stereocenters. The van der Waals surface area contributed by atoms with Crippen LogP contribution in [0.4, 0.5) is 0 Å². The molecule has 102 valence electrons. The summed E-state index contributed by atoms with van der Waals surface area (Å²) in [4.78, 5) is 23.0. The average Bonchev–Trinajstić information content (AvgIpc) is 2.69. The van der Waals surface area contributed by atoms with Gasteiger partial charge >= 0.3 is 5.97 Å². The average molecular weight is 305 g/mol. The maximum absolute atomic E-state index is 11.4. The Hall–Kier alpha value is -1.92. The fourth-order valence-electron chi connectivity index (χ4n) is 1.54. The van der Waals surface area contributed by atoms with Gasteiger partial charge in [-0.05, 0) is 12.1 Å². The summed E-state index contributed by atoms with van der Waals surface area (Å²) in [6.45, 7) is 1.35. The Kier molecular flexibility index (Phi) is 4.70. The zero-order valence-corrected chi connectivity index (χ0v) is 12.2. The van der Waals surface area contributed by atoms with Crippen molar-refractivity contribution in [2.45, 2.75) is 6.92 Å². The van der Waals surface area contributed by atoms with E-state index in [1.165, 1.54) is 18.7 Å². The molecular formula is C14H11NO3S2. The first-order valence-corrected chi connectivity index (χ1v) is 6.97. The number of amides is 1. The van der Waals surface area contributed by atoms with Crippen molar-refractivity contribution in [1.29, 1.82) is 0 Å². The van der Waals surface area contributed by atoms with Crippen LogP contribution in [0.15, 0.2) is 41.3 Å². The van der Waals surface area contributed by atoms with Gasteiger partial charge in [-0.1, -0.05) is 54.3 Å². The van der Waals surface area contributed by atoms with Crippen LogP contribution in [-0.2, 0) is 9.59 Å². The molecule has 1 N–H and O–H groups in total. The van der Waals surface area contributed by atoms with Gasteiger partial charge in [0.15, 0.2) is 0 Å². The standard InChI is InChI=1S/C14H11NO3S2/c1-9(16)18-11-7-3-2-5-10(11)6-4-8-12-13(17)15-14(19)20-12/h2-8H,1H3,(H,15,17,19). The number of ether oxygens (including phenoxy) is 1. The molecule has 0 bridgehead atoms. The molecule has 1 saturated heterocycles. The highest BCUT2D eigenvalue weighted by atomic mass is 32.2. The number of esters is 1. The molecule has 1 fully saturated rings. The van der Waals surface area contributed by atoms with Crippen LogP contribution in [0, 0.1) is 0 Å². The number of rotatable bonds is 3. The predicted molar refractivity (Wildman–Crippen MR) is 83.2 cm³/mol. The molecule has 1 heterocycles. The van der Waals surface area contributed by atoms with E-state index in [4.69, 9.17) is 17.0 Å². The lowest BCUT2D eigenvalue weighted by molar-refractivity contribution is -0.131. The number of carbonyl (C=O) groups excluding carboxylic acids is 2. The molecule has 1 aromatic carbocycles. The number of allylic oxidation sites excluding steroid dienone is 2. The summed E-state index contributed by atoms with van der Waals surface area (Å²) in [6, 6.07) is 7.15. The zero-order valence-electron chi connectivity index (χ0n) is 10.6. The lowest BCUT2D eigenvalue weighted by Crippen LogP contribution is -2.17. The number of hydrogen-bond acceptors (Lipinski definition) is 5. The van der Waals surface area contributed by atoms with Crippen molar-refractivity contribution in [3.63, 3.8) is 0 Å². The largest absolute Gasteiger partial charge is 0.426 e.